The van der Waals surface area contributed by atoms with Gasteiger partial charge >= 0.3 is 0 Å². The third kappa shape index (κ3) is 1.93. The summed E-state index contributed by atoms with van der Waals surface area (Å²) >= 11 is 0. The minimum absolute atomic E-state index is 0.0848. The number of halogens is 2. The van der Waals surface area contributed by atoms with Crippen LogP contribution in [0.3, 0.4) is 0 Å². The minimum Gasteiger partial charge on any atom is -0.469 e. The Morgan fingerprint density at radius 1 is 1.35 bits per heavy atom. The van der Waals surface area contributed by atoms with Crippen molar-refractivity contribution in [3.05, 3.63) is 47.9 Å². The van der Waals surface area contributed by atoms with E-state index in [1.807, 2.05) is 13.0 Å². The van der Waals surface area contributed by atoms with E-state index >= 15 is 0 Å². The highest BCUT2D eigenvalue weighted by Gasteiger charge is 2.20. The average Bonchev–Trinajstić information content (AvgIpc) is 3.01. The zero-order chi connectivity index (χ0) is 14.3. The molecule has 0 aliphatic rings. The number of furan rings is 1. The second-order valence-electron chi connectivity index (χ2n) is 4.70. The fraction of sp³-hybridized carbons (Fsp3) is 0.214. The molecule has 6 heteroatoms. The molecule has 0 amide bonds. The molecule has 1 aromatic carbocycles. The Bertz CT molecular complexity index is 749. The van der Waals surface area contributed by atoms with E-state index in [9.17, 15) is 8.78 Å². The van der Waals surface area contributed by atoms with E-state index < -0.39 is 11.6 Å². The molecule has 104 valence electrons. The molecule has 0 radical (unpaired) electrons. The van der Waals surface area contributed by atoms with Crippen molar-refractivity contribution in [3.63, 3.8) is 0 Å². The van der Waals surface area contributed by atoms with Crippen LogP contribution in [0.4, 0.5) is 14.7 Å². The lowest BCUT2D eigenvalue weighted by molar-refractivity contribution is 0.451. The van der Waals surface area contributed by atoms with Gasteiger partial charge in [0.1, 0.15) is 11.3 Å². The molecule has 4 nitrogen and oxygen atoms in total. The third-order valence-electron chi connectivity index (χ3n) is 3.29. The van der Waals surface area contributed by atoms with Crippen molar-refractivity contribution >= 4 is 17.0 Å². The van der Waals surface area contributed by atoms with Crippen molar-refractivity contribution in [2.24, 2.45) is 0 Å². The topological polar surface area (TPSA) is 57.0 Å². The molecule has 0 saturated carbocycles. The standard InChI is InChI=1S/C14H13F2N3O/c1-8(7-9-3-2-6-20-9)19-13-11(18-14(19)17)5-4-10(15)12(13)16/h2-6,8H,7H2,1H3,(H2,17,18). The summed E-state index contributed by atoms with van der Waals surface area (Å²) in [7, 11) is 0. The maximum absolute atomic E-state index is 14.0. The Balaban J connectivity index is 2.10. The number of rotatable bonds is 3. The van der Waals surface area contributed by atoms with Gasteiger partial charge in [0.2, 0.25) is 5.95 Å². The number of aromatic nitrogens is 2. The van der Waals surface area contributed by atoms with Crippen LogP contribution in [0.15, 0.2) is 34.9 Å². The maximum atomic E-state index is 14.0. The van der Waals surface area contributed by atoms with Gasteiger partial charge in [0.25, 0.3) is 0 Å². The number of imidazole rings is 1. The zero-order valence-electron chi connectivity index (χ0n) is 10.8. The number of nitrogens with two attached hydrogens (primary N) is 1. The lowest BCUT2D eigenvalue weighted by Gasteiger charge is -2.15. The van der Waals surface area contributed by atoms with Gasteiger partial charge < -0.3 is 14.7 Å². The van der Waals surface area contributed by atoms with E-state index in [2.05, 4.69) is 4.98 Å². The summed E-state index contributed by atoms with van der Waals surface area (Å²) in [4.78, 5) is 4.07. The third-order valence-corrected chi connectivity index (χ3v) is 3.29. The summed E-state index contributed by atoms with van der Waals surface area (Å²) < 4.78 is 34.2. The Labute approximate surface area is 113 Å². The Kier molecular flexibility index (Phi) is 2.93. The van der Waals surface area contributed by atoms with E-state index in [1.54, 1.807) is 12.3 Å². The first-order valence-corrected chi connectivity index (χ1v) is 6.21. The van der Waals surface area contributed by atoms with Crippen LogP contribution in [-0.4, -0.2) is 9.55 Å². The van der Waals surface area contributed by atoms with Gasteiger partial charge in [-0.3, -0.25) is 0 Å². The van der Waals surface area contributed by atoms with Crippen molar-refractivity contribution < 1.29 is 13.2 Å². The van der Waals surface area contributed by atoms with E-state index in [0.29, 0.717) is 11.9 Å². The fourth-order valence-electron chi connectivity index (χ4n) is 2.40. The van der Waals surface area contributed by atoms with Gasteiger partial charge in [-0.25, -0.2) is 13.8 Å². The van der Waals surface area contributed by atoms with E-state index in [0.717, 1.165) is 11.8 Å². The number of nitrogen functional groups attached to an aromatic ring is 1. The molecule has 0 bridgehead atoms. The van der Waals surface area contributed by atoms with Crippen molar-refractivity contribution in [2.75, 3.05) is 5.73 Å². The lowest BCUT2D eigenvalue weighted by atomic mass is 10.2. The molecule has 20 heavy (non-hydrogen) atoms. The predicted molar refractivity (Wildman–Crippen MR) is 71.2 cm³/mol. The molecule has 1 atom stereocenters. The molecule has 0 aliphatic heterocycles. The van der Waals surface area contributed by atoms with Gasteiger partial charge in [-0.05, 0) is 31.2 Å². The summed E-state index contributed by atoms with van der Waals surface area (Å²) in [5, 5.41) is 0. The number of hydrogen-bond acceptors (Lipinski definition) is 3. The molecule has 1 unspecified atom stereocenters. The molecule has 0 spiro atoms. The molecule has 0 aliphatic carbocycles. The van der Waals surface area contributed by atoms with Crippen LogP contribution in [0, 0.1) is 11.6 Å². The predicted octanol–water partition coefficient (Wildman–Crippen LogP) is 3.29. The molecule has 0 fully saturated rings. The van der Waals surface area contributed by atoms with Crippen LogP contribution >= 0.6 is 0 Å². The maximum Gasteiger partial charge on any atom is 0.201 e. The van der Waals surface area contributed by atoms with Crippen molar-refractivity contribution in [3.8, 4) is 0 Å². The summed E-state index contributed by atoms with van der Waals surface area (Å²) in [5.41, 5.74) is 6.26. The van der Waals surface area contributed by atoms with Gasteiger partial charge in [0, 0.05) is 12.5 Å². The lowest BCUT2D eigenvalue weighted by Crippen LogP contribution is -2.12. The Hall–Kier alpha value is -2.37. The molecule has 2 heterocycles. The van der Waals surface area contributed by atoms with Crippen LogP contribution in [0.5, 0.6) is 0 Å². The van der Waals surface area contributed by atoms with Gasteiger partial charge in [0.15, 0.2) is 11.6 Å². The van der Waals surface area contributed by atoms with Crippen LogP contribution in [0.1, 0.15) is 18.7 Å². The molecule has 2 aromatic heterocycles. The molecule has 0 saturated heterocycles. The molecule has 2 N–H and O–H groups in total. The number of fused-ring (bicyclic) bond motifs is 1. The van der Waals surface area contributed by atoms with E-state index in [-0.39, 0.29) is 17.5 Å². The number of benzene rings is 1. The van der Waals surface area contributed by atoms with Crippen LogP contribution in [-0.2, 0) is 6.42 Å². The first-order chi connectivity index (χ1) is 9.58. The first-order valence-electron chi connectivity index (χ1n) is 6.21. The largest absolute Gasteiger partial charge is 0.469 e. The molecule has 3 rings (SSSR count). The molecular formula is C14H13F2N3O. The highest BCUT2D eigenvalue weighted by molar-refractivity contribution is 5.79. The normalized spacial score (nSPS) is 12.9. The number of anilines is 1. The molecular weight excluding hydrogens is 264 g/mol. The van der Waals surface area contributed by atoms with Crippen LogP contribution in [0.2, 0.25) is 0 Å². The van der Waals surface area contributed by atoms with Crippen molar-refractivity contribution in [2.45, 2.75) is 19.4 Å². The second kappa shape index (κ2) is 4.63. The summed E-state index contributed by atoms with van der Waals surface area (Å²) in [6.07, 6.45) is 2.08. The number of nitrogens with zero attached hydrogens (tertiary/aromatic N) is 2. The molecule has 3 aromatic rings. The minimum atomic E-state index is -0.932. The monoisotopic (exact) mass is 277 g/mol. The fourth-order valence-corrected chi connectivity index (χ4v) is 2.40. The smallest absolute Gasteiger partial charge is 0.201 e. The van der Waals surface area contributed by atoms with E-state index in [4.69, 9.17) is 10.2 Å². The highest BCUT2D eigenvalue weighted by atomic mass is 19.2. The van der Waals surface area contributed by atoms with E-state index in [1.165, 1.54) is 10.6 Å². The van der Waals surface area contributed by atoms with Gasteiger partial charge in [-0.1, -0.05) is 0 Å². The van der Waals surface area contributed by atoms with Gasteiger partial charge in [0.05, 0.1) is 11.8 Å². The zero-order valence-corrected chi connectivity index (χ0v) is 10.8. The van der Waals surface area contributed by atoms with Crippen molar-refractivity contribution in [1.82, 2.24) is 9.55 Å². The van der Waals surface area contributed by atoms with Crippen molar-refractivity contribution in [1.29, 1.82) is 0 Å². The SMILES string of the molecule is CC(Cc1ccco1)n1c(N)nc2ccc(F)c(F)c21. The number of hydrogen-bond donors (Lipinski definition) is 1. The second-order valence-corrected chi connectivity index (χ2v) is 4.70. The Morgan fingerprint density at radius 3 is 2.85 bits per heavy atom. The first kappa shape index (κ1) is 12.7. The Morgan fingerprint density at radius 2 is 2.15 bits per heavy atom. The quantitative estimate of drug-likeness (QED) is 0.799. The van der Waals surface area contributed by atoms with Crippen LogP contribution in [0.25, 0.3) is 11.0 Å². The average molecular weight is 277 g/mol. The summed E-state index contributed by atoms with van der Waals surface area (Å²) in [6, 6.07) is 5.86. The summed E-state index contributed by atoms with van der Waals surface area (Å²) in [6.45, 7) is 1.85. The van der Waals surface area contributed by atoms with Gasteiger partial charge in [-0.2, -0.15) is 0 Å². The van der Waals surface area contributed by atoms with Gasteiger partial charge in [-0.15, -0.1) is 0 Å². The highest BCUT2D eigenvalue weighted by Crippen LogP contribution is 2.28. The summed E-state index contributed by atoms with van der Waals surface area (Å²) in [5.74, 6) is -0.944. The van der Waals surface area contributed by atoms with Crippen LogP contribution < -0.4 is 5.73 Å².